The monoisotopic (exact) mass is 456 g/mol. The van der Waals surface area contributed by atoms with E-state index in [1.807, 2.05) is 4.90 Å². The number of carbonyl (C=O) groups is 2. The van der Waals surface area contributed by atoms with Crippen molar-refractivity contribution in [2.45, 2.75) is 25.1 Å². The summed E-state index contributed by atoms with van der Waals surface area (Å²) in [5, 5.41) is 5.31. The van der Waals surface area contributed by atoms with Crippen molar-refractivity contribution in [2.75, 3.05) is 30.7 Å². The summed E-state index contributed by atoms with van der Waals surface area (Å²) in [5.41, 5.74) is 4.83. The second-order valence-electron chi connectivity index (χ2n) is 7.07. The number of rotatable bonds is 5. The van der Waals surface area contributed by atoms with Crippen LogP contribution < -0.4 is 16.4 Å². The van der Waals surface area contributed by atoms with Gasteiger partial charge in [-0.2, -0.15) is 13.2 Å². The van der Waals surface area contributed by atoms with Crippen LogP contribution in [0.1, 0.15) is 28.9 Å². The lowest BCUT2D eigenvalue weighted by Crippen LogP contribution is -2.46. The van der Waals surface area contributed by atoms with Gasteiger partial charge in [0.15, 0.2) is 5.69 Å². The molecule has 0 aliphatic carbocycles. The van der Waals surface area contributed by atoms with Crippen molar-refractivity contribution < 1.29 is 22.8 Å². The molecule has 166 valence electrons. The molecule has 2 heterocycles. The van der Waals surface area contributed by atoms with Gasteiger partial charge in [0.05, 0.1) is 12.1 Å². The predicted octanol–water partition coefficient (Wildman–Crippen LogP) is 2.56. The zero-order valence-corrected chi connectivity index (χ0v) is 17.0. The van der Waals surface area contributed by atoms with Crippen LogP contribution in [0.5, 0.6) is 0 Å². The standard InChI is InChI=1S/C19H20ClF3N6O2/c20-15-16(25-10-26-17(15)24)18(31)28-12-4-6-29(7-5-12)9-14(30)27-13-3-1-2-11(8-13)19(21,22)23/h1-3,8,10,12H,4-7,9H2,(H,27,30)(H,28,31)(H2,24,25,26). The van der Waals surface area contributed by atoms with E-state index >= 15 is 0 Å². The first kappa shape index (κ1) is 22.8. The fourth-order valence-electron chi connectivity index (χ4n) is 3.21. The fourth-order valence-corrected chi connectivity index (χ4v) is 3.39. The lowest BCUT2D eigenvalue weighted by atomic mass is 10.0. The van der Waals surface area contributed by atoms with E-state index in [1.165, 1.54) is 12.1 Å². The highest BCUT2D eigenvalue weighted by Gasteiger charge is 2.30. The molecule has 2 amide bonds. The molecule has 8 nitrogen and oxygen atoms in total. The molecule has 1 fully saturated rings. The first-order valence-electron chi connectivity index (χ1n) is 9.40. The normalized spacial score (nSPS) is 15.5. The highest BCUT2D eigenvalue weighted by Crippen LogP contribution is 2.30. The Kier molecular flexibility index (Phi) is 6.96. The smallest absolute Gasteiger partial charge is 0.382 e. The van der Waals surface area contributed by atoms with Gasteiger partial charge >= 0.3 is 6.18 Å². The summed E-state index contributed by atoms with van der Waals surface area (Å²) in [7, 11) is 0. The number of amides is 2. The summed E-state index contributed by atoms with van der Waals surface area (Å²) in [6.07, 6.45) is -2.15. The molecule has 0 radical (unpaired) electrons. The maximum atomic E-state index is 12.8. The van der Waals surface area contributed by atoms with Gasteiger partial charge in [-0.25, -0.2) is 9.97 Å². The lowest BCUT2D eigenvalue weighted by Gasteiger charge is -2.31. The number of nitrogens with one attached hydrogen (secondary N) is 2. The Hall–Kier alpha value is -2.92. The molecule has 0 spiro atoms. The van der Waals surface area contributed by atoms with Gasteiger partial charge in [0, 0.05) is 24.8 Å². The number of carbonyl (C=O) groups excluding carboxylic acids is 2. The molecular formula is C19H20ClF3N6O2. The molecule has 12 heteroatoms. The second-order valence-corrected chi connectivity index (χ2v) is 7.45. The number of hydrogen-bond acceptors (Lipinski definition) is 6. The van der Waals surface area contributed by atoms with E-state index in [2.05, 4.69) is 20.6 Å². The summed E-state index contributed by atoms with van der Waals surface area (Å²) >= 11 is 5.96. The van der Waals surface area contributed by atoms with Gasteiger partial charge in [-0.3, -0.25) is 14.5 Å². The maximum absolute atomic E-state index is 12.8. The largest absolute Gasteiger partial charge is 0.416 e. The number of hydrogen-bond donors (Lipinski definition) is 3. The summed E-state index contributed by atoms with van der Waals surface area (Å²) in [6.45, 7) is 1.09. The Morgan fingerprint density at radius 2 is 1.94 bits per heavy atom. The molecule has 4 N–H and O–H groups in total. The van der Waals surface area contributed by atoms with E-state index < -0.39 is 23.6 Å². The molecule has 1 aliphatic rings. The number of aromatic nitrogens is 2. The van der Waals surface area contributed by atoms with Gasteiger partial charge < -0.3 is 16.4 Å². The molecule has 1 saturated heterocycles. The Morgan fingerprint density at radius 1 is 1.23 bits per heavy atom. The van der Waals surface area contributed by atoms with E-state index in [0.29, 0.717) is 25.9 Å². The first-order chi connectivity index (χ1) is 14.6. The van der Waals surface area contributed by atoms with Gasteiger partial charge in [-0.05, 0) is 31.0 Å². The fraction of sp³-hybridized carbons (Fsp3) is 0.368. The average Bonchev–Trinajstić information content (AvgIpc) is 2.71. The number of anilines is 2. The van der Waals surface area contributed by atoms with Crippen LogP contribution in [0.15, 0.2) is 30.6 Å². The Labute approximate surface area is 181 Å². The van der Waals surface area contributed by atoms with Gasteiger partial charge in [-0.1, -0.05) is 17.7 Å². The minimum absolute atomic E-state index is 0.00272. The zero-order valence-electron chi connectivity index (χ0n) is 16.2. The van der Waals surface area contributed by atoms with Crippen LogP contribution >= 0.6 is 11.6 Å². The number of nitrogens with zero attached hydrogens (tertiary/aromatic N) is 3. The molecule has 1 aromatic carbocycles. The van der Waals surface area contributed by atoms with Crippen LogP contribution in [-0.2, 0) is 11.0 Å². The topological polar surface area (TPSA) is 113 Å². The molecule has 1 aromatic heterocycles. The van der Waals surface area contributed by atoms with Crippen LogP contribution in [0, 0.1) is 0 Å². The van der Waals surface area contributed by atoms with Crippen LogP contribution in [0.25, 0.3) is 0 Å². The van der Waals surface area contributed by atoms with E-state index in [0.717, 1.165) is 18.5 Å². The van der Waals surface area contributed by atoms with Crippen LogP contribution in [0.2, 0.25) is 5.02 Å². The SMILES string of the molecule is Nc1ncnc(C(=O)NC2CCN(CC(=O)Nc3cccc(C(F)(F)F)c3)CC2)c1Cl. The highest BCUT2D eigenvalue weighted by molar-refractivity contribution is 6.35. The van der Waals surface area contributed by atoms with E-state index in [9.17, 15) is 22.8 Å². The van der Waals surface area contributed by atoms with E-state index in [1.54, 1.807) is 0 Å². The molecule has 0 saturated carbocycles. The molecule has 31 heavy (non-hydrogen) atoms. The molecule has 0 unspecified atom stereocenters. The van der Waals surface area contributed by atoms with Crippen LogP contribution in [-0.4, -0.2) is 52.4 Å². The van der Waals surface area contributed by atoms with Crippen molar-refractivity contribution in [3.63, 3.8) is 0 Å². The summed E-state index contributed by atoms with van der Waals surface area (Å²) in [4.78, 5) is 34.0. The van der Waals surface area contributed by atoms with Crippen molar-refractivity contribution in [2.24, 2.45) is 0 Å². The number of nitrogens with two attached hydrogens (primary N) is 1. The Bertz CT molecular complexity index is 964. The number of nitrogen functional groups attached to an aromatic ring is 1. The summed E-state index contributed by atoms with van der Waals surface area (Å²) in [6, 6.07) is 4.34. The zero-order chi connectivity index (χ0) is 22.6. The minimum atomic E-state index is -4.48. The third-order valence-electron chi connectivity index (χ3n) is 4.80. The lowest BCUT2D eigenvalue weighted by molar-refractivity contribution is -0.137. The molecule has 0 bridgehead atoms. The molecule has 0 atom stereocenters. The van der Waals surface area contributed by atoms with Crippen molar-refractivity contribution in [3.05, 3.63) is 46.9 Å². The van der Waals surface area contributed by atoms with Gasteiger partial charge in [0.1, 0.15) is 17.2 Å². The third-order valence-corrected chi connectivity index (χ3v) is 5.17. The molecular weight excluding hydrogens is 437 g/mol. The second kappa shape index (κ2) is 9.48. The molecule has 3 rings (SSSR count). The Morgan fingerprint density at radius 3 is 2.61 bits per heavy atom. The molecule has 2 aromatic rings. The predicted molar refractivity (Wildman–Crippen MR) is 108 cm³/mol. The van der Waals surface area contributed by atoms with E-state index in [4.69, 9.17) is 17.3 Å². The number of alkyl halides is 3. The quantitative estimate of drug-likeness (QED) is 0.637. The number of piperidine rings is 1. The van der Waals surface area contributed by atoms with Gasteiger partial charge in [0.2, 0.25) is 5.91 Å². The summed E-state index contributed by atoms with van der Waals surface area (Å²) < 4.78 is 38.4. The van der Waals surface area contributed by atoms with Crippen LogP contribution in [0.4, 0.5) is 24.7 Å². The highest BCUT2D eigenvalue weighted by atomic mass is 35.5. The number of likely N-dealkylation sites (tertiary alicyclic amines) is 1. The van der Waals surface area contributed by atoms with Crippen molar-refractivity contribution in [1.82, 2.24) is 20.2 Å². The number of benzene rings is 1. The number of halogens is 4. The van der Waals surface area contributed by atoms with Crippen molar-refractivity contribution >= 4 is 34.9 Å². The van der Waals surface area contributed by atoms with Gasteiger partial charge in [-0.15, -0.1) is 0 Å². The van der Waals surface area contributed by atoms with E-state index in [-0.39, 0.29) is 34.8 Å². The minimum Gasteiger partial charge on any atom is -0.382 e. The third kappa shape index (κ3) is 6.05. The van der Waals surface area contributed by atoms with Crippen molar-refractivity contribution in [1.29, 1.82) is 0 Å². The molecule has 1 aliphatic heterocycles. The summed E-state index contributed by atoms with van der Waals surface area (Å²) in [5.74, 6) is -0.853. The first-order valence-corrected chi connectivity index (χ1v) is 9.77. The van der Waals surface area contributed by atoms with Crippen molar-refractivity contribution in [3.8, 4) is 0 Å². The maximum Gasteiger partial charge on any atom is 0.416 e. The Balaban J connectivity index is 1.47. The van der Waals surface area contributed by atoms with Gasteiger partial charge in [0.25, 0.3) is 5.91 Å². The average molecular weight is 457 g/mol. The van der Waals surface area contributed by atoms with Crippen LogP contribution in [0.3, 0.4) is 0 Å².